The van der Waals surface area contributed by atoms with Gasteiger partial charge in [-0.3, -0.25) is 20.2 Å². The first-order valence-corrected chi connectivity index (χ1v) is 5.19. The van der Waals surface area contributed by atoms with Gasteiger partial charge in [0.15, 0.2) is 0 Å². The van der Waals surface area contributed by atoms with Gasteiger partial charge in [0.2, 0.25) is 11.9 Å². The third-order valence-corrected chi connectivity index (χ3v) is 2.24. The van der Waals surface area contributed by atoms with Gasteiger partial charge in [-0.2, -0.15) is 0 Å². The summed E-state index contributed by atoms with van der Waals surface area (Å²) < 4.78 is 0. The van der Waals surface area contributed by atoms with Crippen molar-refractivity contribution < 1.29 is 9.59 Å². The second kappa shape index (κ2) is 5.57. The van der Waals surface area contributed by atoms with E-state index in [2.05, 4.69) is 15.6 Å². The first-order chi connectivity index (χ1) is 7.54. The second-order valence-corrected chi connectivity index (χ2v) is 3.67. The zero-order chi connectivity index (χ0) is 12.1. The third-order valence-electron chi connectivity index (χ3n) is 2.24. The molecule has 1 aliphatic heterocycles. The van der Waals surface area contributed by atoms with Gasteiger partial charge in [-0.1, -0.05) is 0 Å². The number of guanidine groups is 1. The van der Waals surface area contributed by atoms with Crippen molar-refractivity contribution >= 4 is 17.8 Å². The molecule has 0 bridgehead atoms. The van der Waals surface area contributed by atoms with Crippen LogP contribution in [0.1, 0.15) is 19.8 Å². The summed E-state index contributed by atoms with van der Waals surface area (Å²) in [6, 6.07) is -1.09. The first kappa shape index (κ1) is 12.6. The van der Waals surface area contributed by atoms with Gasteiger partial charge in [0, 0.05) is 0 Å². The van der Waals surface area contributed by atoms with Gasteiger partial charge in [0.1, 0.15) is 6.04 Å². The number of hydrogen-bond acceptors (Lipinski definition) is 5. The van der Waals surface area contributed by atoms with E-state index < -0.39 is 12.1 Å². The Labute approximate surface area is 93.7 Å². The topological polar surface area (TPSA) is 123 Å². The Morgan fingerprint density at radius 3 is 2.88 bits per heavy atom. The minimum absolute atomic E-state index is 0.172. The van der Waals surface area contributed by atoms with Gasteiger partial charge < -0.3 is 11.5 Å². The van der Waals surface area contributed by atoms with Crippen LogP contribution >= 0.6 is 0 Å². The molecule has 1 aliphatic rings. The maximum atomic E-state index is 11.5. The lowest BCUT2D eigenvalue weighted by atomic mass is 10.1. The number of nitrogens with zero attached hydrogens (tertiary/aromatic N) is 1. The Bertz CT molecular complexity index is 315. The normalized spacial score (nSPS) is 21.3. The average Bonchev–Trinajstić information content (AvgIpc) is 2.54. The smallest absolute Gasteiger partial charge is 0.251 e. The number of nitrogens with one attached hydrogen (secondary N) is 2. The van der Waals surface area contributed by atoms with E-state index in [1.807, 2.05) is 0 Å². The van der Waals surface area contributed by atoms with Crippen molar-refractivity contribution in [1.29, 1.82) is 0 Å². The molecule has 7 nitrogen and oxygen atoms in total. The maximum absolute atomic E-state index is 11.5. The number of nitrogens with two attached hydrogens (primary N) is 2. The van der Waals surface area contributed by atoms with E-state index >= 15 is 0 Å². The number of rotatable bonds is 4. The molecule has 2 amide bonds. The summed E-state index contributed by atoms with van der Waals surface area (Å²) in [6.45, 7) is 2.14. The van der Waals surface area contributed by atoms with E-state index in [1.54, 1.807) is 6.92 Å². The molecule has 0 radical (unpaired) electrons. The molecule has 0 spiro atoms. The fourth-order valence-electron chi connectivity index (χ4n) is 1.25. The van der Waals surface area contributed by atoms with E-state index in [9.17, 15) is 9.59 Å². The van der Waals surface area contributed by atoms with Gasteiger partial charge in [0.05, 0.1) is 6.04 Å². The Balaban J connectivity index is 2.40. The highest BCUT2D eigenvalue weighted by atomic mass is 16.2. The Morgan fingerprint density at radius 2 is 2.38 bits per heavy atom. The third kappa shape index (κ3) is 3.28. The van der Waals surface area contributed by atoms with Crippen LogP contribution in [0.25, 0.3) is 0 Å². The van der Waals surface area contributed by atoms with Crippen LogP contribution in [0.2, 0.25) is 0 Å². The summed E-state index contributed by atoms with van der Waals surface area (Å²) >= 11 is 0. The zero-order valence-electron chi connectivity index (χ0n) is 9.19. The van der Waals surface area contributed by atoms with Crippen molar-refractivity contribution in [3.8, 4) is 0 Å². The highest BCUT2D eigenvalue weighted by Gasteiger charge is 2.24. The van der Waals surface area contributed by atoms with Crippen LogP contribution in [0.15, 0.2) is 4.99 Å². The molecule has 1 heterocycles. The molecule has 0 fully saturated rings. The number of hydrogen-bond donors (Lipinski definition) is 4. The van der Waals surface area contributed by atoms with Gasteiger partial charge in [-0.25, -0.2) is 4.99 Å². The molecule has 0 aliphatic carbocycles. The number of aliphatic imine (C=N–C) groups is 1. The average molecular weight is 227 g/mol. The molecule has 0 aromatic carbocycles. The SMILES string of the molecule is CC1N=C(NC(=O)C(N)CCCN)NC1=O. The van der Waals surface area contributed by atoms with E-state index in [4.69, 9.17) is 11.5 Å². The summed E-state index contributed by atoms with van der Waals surface area (Å²) in [5, 5.41) is 4.91. The second-order valence-electron chi connectivity index (χ2n) is 3.67. The van der Waals surface area contributed by atoms with E-state index in [-0.39, 0.29) is 17.8 Å². The van der Waals surface area contributed by atoms with Crippen LogP contribution in [0.5, 0.6) is 0 Å². The summed E-state index contributed by atoms with van der Waals surface area (Å²) in [6.07, 6.45) is 1.20. The van der Waals surface area contributed by atoms with Crippen LogP contribution in [0.3, 0.4) is 0 Å². The van der Waals surface area contributed by atoms with Crippen LogP contribution in [-0.4, -0.2) is 36.4 Å². The largest absolute Gasteiger partial charge is 0.330 e. The number of amides is 2. The fourth-order valence-corrected chi connectivity index (χ4v) is 1.25. The molecule has 0 aromatic heterocycles. The van der Waals surface area contributed by atoms with Crippen LogP contribution in [0, 0.1) is 0 Å². The minimum Gasteiger partial charge on any atom is -0.330 e. The van der Waals surface area contributed by atoms with Crippen molar-refractivity contribution in [2.75, 3.05) is 6.54 Å². The van der Waals surface area contributed by atoms with Crippen molar-refractivity contribution in [2.24, 2.45) is 16.5 Å². The molecule has 0 saturated heterocycles. The molecule has 90 valence electrons. The Hall–Kier alpha value is -1.47. The predicted molar refractivity (Wildman–Crippen MR) is 59.4 cm³/mol. The summed E-state index contributed by atoms with van der Waals surface area (Å²) in [7, 11) is 0. The minimum atomic E-state index is -0.626. The molecule has 2 unspecified atom stereocenters. The summed E-state index contributed by atoms with van der Waals surface area (Å²) in [5.41, 5.74) is 10.9. The van der Waals surface area contributed by atoms with Crippen LogP contribution in [-0.2, 0) is 9.59 Å². The first-order valence-electron chi connectivity index (χ1n) is 5.19. The highest BCUT2D eigenvalue weighted by Crippen LogP contribution is 1.98. The molecule has 2 atom stereocenters. The fraction of sp³-hybridized carbons (Fsp3) is 0.667. The van der Waals surface area contributed by atoms with Crippen LogP contribution in [0.4, 0.5) is 0 Å². The number of carbonyl (C=O) groups excluding carboxylic acids is 2. The number of carbonyl (C=O) groups is 2. The molecule has 0 aromatic rings. The molecular formula is C9H17N5O2. The van der Waals surface area contributed by atoms with Crippen molar-refractivity contribution in [3.05, 3.63) is 0 Å². The Morgan fingerprint density at radius 1 is 1.69 bits per heavy atom. The quantitative estimate of drug-likeness (QED) is 0.445. The van der Waals surface area contributed by atoms with Crippen molar-refractivity contribution in [1.82, 2.24) is 10.6 Å². The standard InChI is InChI=1S/C9H17N5O2/c1-5-7(15)13-9(12-5)14-8(16)6(11)3-2-4-10/h5-6H,2-4,10-11H2,1H3,(H2,12,13,14,15,16). The lowest BCUT2D eigenvalue weighted by Gasteiger charge is -2.10. The lowest BCUT2D eigenvalue weighted by molar-refractivity contribution is -0.121. The van der Waals surface area contributed by atoms with Crippen molar-refractivity contribution in [3.63, 3.8) is 0 Å². The van der Waals surface area contributed by atoms with E-state index in [0.717, 1.165) is 0 Å². The van der Waals surface area contributed by atoms with Gasteiger partial charge in [-0.05, 0) is 26.3 Å². The Kier molecular flexibility index (Phi) is 4.39. The van der Waals surface area contributed by atoms with E-state index in [0.29, 0.717) is 19.4 Å². The molecule has 1 rings (SSSR count). The zero-order valence-corrected chi connectivity index (χ0v) is 9.19. The van der Waals surface area contributed by atoms with Gasteiger partial charge in [-0.15, -0.1) is 0 Å². The maximum Gasteiger partial charge on any atom is 0.251 e. The summed E-state index contributed by atoms with van der Waals surface area (Å²) in [5.74, 6) is -0.418. The molecule has 0 saturated carbocycles. The van der Waals surface area contributed by atoms with Gasteiger partial charge >= 0.3 is 0 Å². The highest BCUT2D eigenvalue weighted by molar-refractivity contribution is 6.10. The molecular weight excluding hydrogens is 210 g/mol. The van der Waals surface area contributed by atoms with E-state index in [1.165, 1.54) is 0 Å². The van der Waals surface area contributed by atoms with Gasteiger partial charge in [0.25, 0.3) is 5.91 Å². The van der Waals surface area contributed by atoms with Crippen molar-refractivity contribution in [2.45, 2.75) is 31.8 Å². The predicted octanol–water partition coefficient (Wildman–Crippen LogP) is -1.96. The molecule has 16 heavy (non-hydrogen) atoms. The molecule has 7 heteroatoms. The lowest BCUT2D eigenvalue weighted by Crippen LogP contribution is -2.47. The summed E-state index contributed by atoms with van der Waals surface area (Å²) in [4.78, 5) is 26.5. The monoisotopic (exact) mass is 227 g/mol. The van der Waals surface area contributed by atoms with Crippen LogP contribution < -0.4 is 22.1 Å². The molecule has 6 N–H and O–H groups in total.